The molecule has 1 aliphatic carbocycles. The first-order valence-electron chi connectivity index (χ1n) is 9.64. The van der Waals surface area contributed by atoms with Crippen LogP contribution in [0.4, 0.5) is 0 Å². The van der Waals surface area contributed by atoms with Crippen LogP contribution in [-0.2, 0) is 0 Å². The highest BCUT2D eigenvalue weighted by Crippen LogP contribution is 2.43. The van der Waals surface area contributed by atoms with Gasteiger partial charge in [0.1, 0.15) is 12.0 Å². The van der Waals surface area contributed by atoms with Crippen LogP contribution in [0.2, 0.25) is 0 Å². The van der Waals surface area contributed by atoms with E-state index in [-0.39, 0.29) is 23.5 Å². The van der Waals surface area contributed by atoms with Gasteiger partial charge in [0.15, 0.2) is 11.6 Å². The van der Waals surface area contributed by atoms with Crippen molar-refractivity contribution in [2.75, 3.05) is 0 Å². The Morgan fingerprint density at radius 2 is 1.14 bits per heavy atom. The van der Waals surface area contributed by atoms with Gasteiger partial charge in [0.2, 0.25) is 0 Å². The minimum atomic E-state index is -0.904. The molecule has 4 nitrogen and oxygen atoms in total. The van der Waals surface area contributed by atoms with Crippen LogP contribution in [0.1, 0.15) is 43.8 Å². The summed E-state index contributed by atoms with van der Waals surface area (Å²) >= 11 is 0. The normalized spacial score (nSPS) is 21.2. The van der Waals surface area contributed by atoms with Crippen molar-refractivity contribution in [3.05, 3.63) is 119 Å². The molecule has 0 spiro atoms. The van der Waals surface area contributed by atoms with E-state index in [1.165, 1.54) is 0 Å². The van der Waals surface area contributed by atoms with E-state index in [4.69, 9.17) is 0 Å². The molecule has 29 heavy (non-hydrogen) atoms. The SMILES string of the molecule is O=C1c2ccccc2C(=O)C1C1=CC(c2ccccc2)C(c2ccccc2)N=N1. The van der Waals surface area contributed by atoms with Gasteiger partial charge in [0.25, 0.3) is 0 Å². The van der Waals surface area contributed by atoms with Gasteiger partial charge >= 0.3 is 0 Å². The van der Waals surface area contributed by atoms with Crippen LogP contribution in [0, 0.1) is 5.92 Å². The standard InChI is InChI=1S/C25H18N2O2/c28-24-18-13-7-8-14-19(18)25(29)22(24)21-15-20(16-9-3-1-4-10-16)23(27-26-21)17-11-5-2-6-12-17/h1-15,20,22-23H. The van der Waals surface area contributed by atoms with Gasteiger partial charge < -0.3 is 0 Å². The summed E-state index contributed by atoms with van der Waals surface area (Å²) in [6.45, 7) is 0. The third-order valence-corrected chi connectivity index (χ3v) is 5.59. The van der Waals surface area contributed by atoms with E-state index < -0.39 is 5.92 Å². The monoisotopic (exact) mass is 378 g/mol. The fourth-order valence-corrected chi connectivity index (χ4v) is 4.15. The van der Waals surface area contributed by atoms with Crippen LogP contribution in [0.15, 0.2) is 107 Å². The first-order chi connectivity index (χ1) is 14.2. The maximum atomic E-state index is 12.9. The number of fused-ring (bicyclic) bond motifs is 1. The quantitative estimate of drug-likeness (QED) is 0.561. The molecule has 2 aliphatic rings. The maximum Gasteiger partial charge on any atom is 0.180 e. The molecule has 140 valence electrons. The molecule has 5 rings (SSSR count). The molecular formula is C25H18N2O2. The molecule has 0 amide bonds. The number of Topliss-reactive ketones (excluding diaryl/α,β-unsaturated/α-hetero) is 2. The molecule has 0 aromatic heterocycles. The lowest BCUT2D eigenvalue weighted by molar-refractivity contribution is 0.0861. The molecule has 3 aromatic carbocycles. The second-order valence-corrected chi connectivity index (χ2v) is 7.31. The lowest BCUT2D eigenvalue weighted by atomic mass is 9.84. The summed E-state index contributed by atoms with van der Waals surface area (Å²) in [6, 6.07) is 26.8. The van der Waals surface area contributed by atoms with Crippen LogP contribution in [-0.4, -0.2) is 11.6 Å². The molecule has 0 radical (unpaired) electrons. The smallest absolute Gasteiger partial charge is 0.180 e. The largest absolute Gasteiger partial charge is 0.293 e. The van der Waals surface area contributed by atoms with Gasteiger partial charge in [-0.05, 0) is 17.2 Å². The zero-order valence-corrected chi connectivity index (χ0v) is 15.6. The van der Waals surface area contributed by atoms with Crippen LogP contribution < -0.4 is 0 Å². The van der Waals surface area contributed by atoms with E-state index in [2.05, 4.69) is 10.2 Å². The Morgan fingerprint density at radius 1 is 0.621 bits per heavy atom. The highest BCUT2D eigenvalue weighted by atomic mass is 16.2. The van der Waals surface area contributed by atoms with E-state index in [0.29, 0.717) is 16.8 Å². The fourth-order valence-electron chi connectivity index (χ4n) is 4.15. The number of hydrogen-bond acceptors (Lipinski definition) is 4. The average molecular weight is 378 g/mol. The number of benzene rings is 3. The Kier molecular flexibility index (Phi) is 4.24. The predicted octanol–water partition coefficient (Wildman–Crippen LogP) is 5.56. The van der Waals surface area contributed by atoms with Gasteiger partial charge in [-0.3, -0.25) is 9.59 Å². The number of carbonyl (C=O) groups excluding carboxylic acids is 2. The Bertz CT molecular complexity index is 1110. The summed E-state index contributed by atoms with van der Waals surface area (Å²) in [4.78, 5) is 25.9. The number of nitrogens with zero attached hydrogens (tertiary/aromatic N) is 2. The van der Waals surface area contributed by atoms with Gasteiger partial charge in [-0.15, -0.1) is 0 Å². The average Bonchev–Trinajstić information content (AvgIpc) is 3.05. The third kappa shape index (κ3) is 2.93. The number of rotatable bonds is 3. The lowest BCUT2D eigenvalue weighted by Crippen LogP contribution is -2.20. The molecule has 0 fully saturated rings. The minimum Gasteiger partial charge on any atom is -0.293 e. The molecule has 4 heteroatoms. The minimum absolute atomic E-state index is 0.101. The van der Waals surface area contributed by atoms with E-state index in [1.54, 1.807) is 24.3 Å². The van der Waals surface area contributed by atoms with Crippen LogP contribution in [0.25, 0.3) is 0 Å². The van der Waals surface area contributed by atoms with Crippen molar-refractivity contribution in [1.29, 1.82) is 0 Å². The molecule has 0 saturated carbocycles. The first kappa shape index (κ1) is 17.4. The topological polar surface area (TPSA) is 58.9 Å². The van der Waals surface area contributed by atoms with Crippen molar-refractivity contribution in [2.24, 2.45) is 16.1 Å². The molecular weight excluding hydrogens is 360 g/mol. The van der Waals surface area contributed by atoms with Crippen LogP contribution >= 0.6 is 0 Å². The molecule has 0 bridgehead atoms. The molecule has 3 aromatic rings. The van der Waals surface area contributed by atoms with Gasteiger partial charge in [-0.1, -0.05) is 84.9 Å². The summed E-state index contributed by atoms with van der Waals surface area (Å²) in [5.74, 6) is -1.39. The Hall–Kier alpha value is -3.66. The summed E-state index contributed by atoms with van der Waals surface area (Å²) in [5.41, 5.74) is 3.51. The zero-order valence-electron chi connectivity index (χ0n) is 15.6. The van der Waals surface area contributed by atoms with Crippen LogP contribution in [0.5, 0.6) is 0 Å². The number of azo groups is 1. The second kappa shape index (κ2) is 7.06. The van der Waals surface area contributed by atoms with Crippen molar-refractivity contribution >= 4 is 11.6 Å². The fraction of sp³-hybridized carbons (Fsp3) is 0.120. The maximum absolute atomic E-state index is 12.9. The van der Waals surface area contributed by atoms with Gasteiger partial charge in [-0.25, -0.2) is 0 Å². The Morgan fingerprint density at radius 3 is 1.72 bits per heavy atom. The van der Waals surface area contributed by atoms with Crippen molar-refractivity contribution in [3.8, 4) is 0 Å². The van der Waals surface area contributed by atoms with E-state index in [0.717, 1.165) is 11.1 Å². The Labute approximate surface area is 168 Å². The van der Waals surface area contributed by atoms with Crippen molar-refractivity contribution in [3.63, 3.8) is 0 Å². The number of hydrogen-bond donors (Lipinski definition) is 0. The predicted molar refractivity (Wildman–Crippen MR) is 110 cm³/mol. The van der Waals surface area contributed by atoms with E-state index in [1.807, 2.05) is 66.7 Å². The molecule has 0 saturated heterocycles. The lowest BCUT2D eigenvalue weighted by Gasteiger charge is -2.26. The van der Waals surface area contributed by atoms with Gasteiger partial charge in [-0.2, -0.15) is 10.2 Å². The highest BCUT2D eigenvalue weighted by Gasteiger charge is 2.42. The highest BCUT2D eigenvalue weighted by molar-refractivity contribution is 6.28. The molecule has 1 aliphatic heterocycles. The van der Waals surface area contributed by atoms with Crippen molar-refractivity contribution < 1.29 is 9.59 Å². The molecule has 2 atom stereocenters. The number of ketones is 2. The Balaban J connectivity index is 1.57. The zero-order chi connectivity index (χ0) is 19.8. The van der Waals surface area contributed by atoms with Crippen molar-refractivity contribution in [1.82, 2.24) is 0 Å². The number of allylic oxidation sites excluding steroid dienone is 1. The van der Waals surface area contributed by atoms with Crippen molar-refractivity contribution in [2.45, 2.75) is 12.0 Å². The van der Waals surface area contributed by atoms with E-state index in [9.17, 15) is 9.59 Å². The molecule has 0 N–H and O–H groups in total. The molecule has 2 unspecified atom stereocenters. The second-order valence-electron chi connectivity index (χ2n) is 7.31. The van der Waals surface area contributed by atoms with Gasteiger partial charge in [0, 0.05) is 17.0 Å². The molecule has 1 heterocycles. The number of carbonyl (C=O) groups is 2. The van der Waals surface area contributed by atoms with Crippen LogP contribution in [0.3, 0.4) is 0 Å². The van der Waals surface area contributed by atoms with Gasteiger partial charge in [0.05, 0.1) is 5.70 Å². The summed E-state index contributed by atoms with van der Waals surface area (Å²) in [6.07, 6.45) is 1.95. The summed E-state index contributed by atoms with van der Waals surface area (Å²) in [5, 5.41) is 8.94. The third-order valence-electron chi connectivity index (χ3n) is 5.59. The first-order valence-corrected chi connectivity index (χ1v) is 9.64. The van der Waals surface area contributed by atoms with E-state index >= 15 is 0 Å². The summed E-state index contributed by atoms with van der Waals surface area (Å²) < 4.78 is 0. The summed E-state index contributed by atoms with van der Waals surface area (Å²) in [7, 11) is 0.